The molecular weight excluding hydrogens is 635 g/mol. The zero-order chi connectivity index (χ0) is 32.1. The molecule has 0 atom stereocenters. The van der Waals surface area contributed by atoms with Crippen LogP contribution in [-0.2, 0) is 22.7 Å². The smallest absolute Gasteiger partial charge is 0.406 e. The Bertz CT molecular complexity index is 1750. The van der Waals surface area contributed by atoms with Crippen LogP contribution in [0.2, 0.25) is 5.02 Å². The highest BCUT2D eigenvalue weighted by atomic mass is 35.5. The van der Waals surface area contributed by atoms with E-state index in [0.29, 0.717) is 40.2 Å². The number of carbonyl (C=O) groups is 2. The van der Waals surface area contributed by atoms with Crippen molar-refractivity contribution in [3.63, 3.8) is 0 Å². The van der Waals surface area contributed by atoms with Crippen molar-refractivity contribution in [1.82, 2.24) is 14.8 Å². The van der Waals surface area contributed by atoms with Gasteiger partial charge in [-0.3, -0.25) is 9.69 Å². The number of nitrogens with zero attached hydrogens (tertiary/aromatic N) is 5. The van der Waals surface area contributed by atoms with Crippen molar-refractivity contribution in [2.24, 2.45) is 4.99 Å². The Morgan fingerprint density at radius 1 is 1.13 bits per heavy atom. The average molecular weight is 660 g/mol. The molecule has 5 rings (SSSR count). The van der Waals surface area contributed by atoms with E-state index in [1.165, 1.54) is 51.9 Å². The first-order valence-electron chi connectivity index (χ1n) is 13.2. The number of amides is 3. The fourth-order valence-electron chi connectivity index (χ4n) is 4.29. The molecule has 1 aromatic heterocycles. The van der Waals surface area contributed by atoms with Crippen LogP contribution in [0.25, 0.3) is 5.69 Å². The Morgan fingerprint density at radius 3 is 2.62 bits per heavy atom. The number of halogens is 4. The summed E-state index contributed by atoms with van der Waals surface area (Å²) in [7, 11) is 1.56. The molecule has 11 nitrogen and oxygen atoms in total. The second-order valence-electron chi connectivity index (χ2n) is 9.60. The van der Waals surface area contributed by atoms with Gasteiger partial charge in [-0.25, -0.2) is 14.5 Å². The molecule has 3 amide bonds. The summed E-state index contributed by atoms with van der Waals surface area (Å²) in [6.45, 7) is 2.39. The molecule has 3 aromatic carbocycles. The zero-order valence-electron chi connectivity index (χ0n) is 23.8. The highest BCUT2D eigenvalue weighted by Gasteiger charge is 2.32. The number of aromatic nitrogens is 3. The van der Waals surface area contributed by atoms with E-state index in [4.69, 9.17) is 16.3 Å². The minimum Gasteiger partial charge on any atom is -0.406 e. The van der Waals surface area contributed by atoms with E-state index in [1.807, 2.05) is 25.1 Å². The molecule has 45 heavy (non-hydrogen) atoms. The second-order valence-corrected chi connectivity index (χ2v) is 11.0. The quantitative estimate of drug-likeness (QED) is 0.207. The van der Waals surface area contributed by atoms with Gasteiger partial charge in [-0.1, -0.05) is 35.5 Å². The minimum absolute atomic E-state index is 0.148. The van der Waals surface area contributed by atoms with Crippen LogP contribution in [0.4, 0.5) is 35.0 Å². The number of alkyl halides is 3. The molecular formula is C29H25ClF3N7O4S. The number of ether oxygens (including phenoxy) is 2. The standard InChI is InChI=1S/C29H25ClF3N7O4S/c1-17-3-4-18(14-43-2)24(11-17)40-26(41)15-45-28(40)37-27(42)36-19-5-10-23(22(30)12-19)34-13-25-35-16-39(38-25)20-6-8-21(9-7-20)44-29(31,32)33/h3-12,16,34H,13-15H2,1-2H3,(H,36,42)/b37-28-. The first-order chi connectivity index (χ1) is 21.5. The molecule has 2 N–H and O–H groups in total. The Hall–Kier alpha value is -4.60. The topological polar surface area (TPSA) is 123 Å². The molecule has 0 bridgehead atoms. The Labute approximate surface area is 264 Å². The van der Waals surface area contributed by atoms with E-state index >= 15 is 0 Å². The molecule has 4 aromatic rings. The van der Waals surface area contributed by atoms with Crippen LogP contribution in [0.5, 0.6) is 5.75 Å². The van der Waals surface area contributed by atoms with Crippen LogP contribution in [-0.4, -0.2) is 51.1 Å². The number of urea groups is 1. The van der Waals surface area contributed by atoms with E-state index in [0.717, 1.165) is 11.1 Å². The van der Waals surface area contributed by atoms with Crippen molar-refractivity contribution in [3.05, 3.63) is 89.0 Å². The number of nitrogens with one attached hydrogen (secondary N) is 2. The summed E-state index contributed by atoms with van der Waals surface area (Å²) in [5, 5.41) is 10.6. The van der Waals surface area contributed by atoms with Crippen molar-refractivity contribution in [1.29, 1.82) is 0 Å². The van der Waals surface area contributed by atoms with Crippen molar-refractivity contribution < 1.29 is 32.2 Å². The number of rotatable bonds is 9. The van der Waals surface area contributed by atoms with Gasteiger partial charge in [-0.05, 0) is 61.0 Å². The normalized spacial score (nSPS) is 14.2. The van der Waals surface area contributed by atoms with Gasteiger partial charge in [-0.2, -0.15) is 4.99 Å². The van der Waals surface area contributed by atoms with Gasteiger partial charge in [0.15, 0.2) is 11.0 Å². The fraction of sp³-hybridized carbons (Fsp3) is 0.207. The summed E-state index contributed by atoms with van der Waals surface area (Å²) in [6.07, 6.45) is -3.35. The maximum Gasteiger partial charge on any atom is 0.573 e. The third-order valence-corrected chi connectivity index (χ3v) is 7.51. The number of carbonyl (C=O) groups excluding carboxylic acids is 2. The summed E-state index contributed by atoms with van der Waals surface area (Å²) in [5.74, 6) is 0.00363. The van der Waals surface area contributed by atoms with Gasteiger partial charge in [0.1, 0.15) is 12.1 Å². The number of anilines is 3. The highest BCUT2D eigenvalue weighted by Crippen LogP contribution is 2.32. The van der Waals surface area contributed by atoms with Crippen LogP contribution >= 0.6 is 23.4 Å². The molecule has 16 heteroatoms. The zero-order valence-corrected chi connectivity index (χ0v) is 25.3. The summed E-state index contributed by atoms with van der Waals surface area (Å²) < 4.78 is 47.7. The number of thioether (sulfide) groups is 1. The number of benzene rings is 3. The molecule has 0 unspecified atom stereocenters. The lowest BCUT2D eigenvalue weighted by Crippen LogP contribution is -2.31. The molecule has 1 aliphatic rings. The summed E-state index contributed by atoms with van der Waals surface area (Å²) in [4.78, 5) is 35.4. The lowest BCUT2D eigenvalue weighted by molar-refractivity contribution is -0.274. The lowest BCUT2D eigenvalue weighted by atomic mass is 10.1. The predicted octanol–water partition coefficient (Wildman–Crippen LogP) is 6.55. The van der Waals surface area contributed by atoms with Gasteiger partial charge < -0.3 is 20.1 Å². The first-order valence-corrected chi connectivity index (χ1v) is 14.6. The minimum atomic E-state index is -4.78. The van der Waals surface area contributed by atoms with Crippen LogP contribution in [0.1, 0.15) is 17.0 Å². The molecule has 0 spiro atoms. The van der Waals surface area contributed by atoms with Crippen molar-refractivity contribution in [2.45, 2.75) is 26.4 Å². The van der Waals surface area contributed by atoms with Gasteiger partial charge in [0.2, 0.25) is 5.91 Å². The monoisotopic (exact) mass is 659 g/mol. The average Bonchev–Trinajstić information content (AvgIpc) is 3.59. The van der Waals surface area contributed by atoms with E-state index in [-0.39, 0.29) is 29.1 Å². The maximum absolute atomic E-state index is 12.8. The molecule has 1 aliphatic heterocycles. The summed E-state index contributed by atoms with van der Waals surface area (Å²) in [6, 6.07) is 15.0. The Kier molecular flexibility index (Phi) is 9.60. The predicted molar refractivity (Wildman–Crippen MR) is 165 cm³/mol. The molecule has 0 radical (unpaired) electrons. The van der Waals surface area contributed by atoms with E-state index in [2.05, 4.69) is 30.4 Å². The van der Waals surface area contributed by atoms with Gasteiger partial charge >= 0.3 is 12.4 Å². The fourth-order valence-corrected chi connectivity index (χ4v) is 5.40. The molecule has 2 heterocycles. The number of hydrogen-bond donors (Lipinski definition) is 2. The third-order valence-electron chi connectivity index (χ3n) is 6.28. The molecule has 1 saturated heterocycles. The highest BCUT2D eigenvalue weighted by molar-refractivity contribution is 8.15. The molecule has 0 saturated carbocycles. The van der Waals surface area contributed by atoms with Gasteiger partial charge in [0.25, 0.3) is 0 Å². The third kappa shape index (κ3) is 8.12. The SMILES string of the molecule is COCc1ccc(C)cc1N1C(=O)CS/C1=N\C(=O)Nc1ccc(NCc2ncn(-c3ccc(OC(F)(F)F)cc3)n2)c(Cl)c1. The van der Waals surface area contributed by atoms with E-state index < -0.39 is 12.4 Å². The van der Waals surface area contributed by atoms with Crippen molar-refractivity contribution >= 4 is 57.5 Å². The number of aryl methyl sites for hydroxylation is 1. The van der Waals surface area contributed by atoms with Crippen LogP contribution in [0, 0.1) is 6.92 Å². The van der Waals surface area contributed by atoms with Crippen molar-refractivity contribution in [3.8, 4) is 11.4 Å². The summed E-state index contributed by atoms with van der Waals surface area (Å²) >= 11 is 7.61. The van der Waals surface area contributed by atoms with Gasteiger partial charge in [0.05, 0.1) is 41.0 Å². The van der Waals surface area contributed by atoms with Crippen molar-refractivity contribution in [2.75, 3.05) is 28.4 Å². The molecule has 1 fully saturated rings. The van der Waals surface area contributed by atoms with Gasteiger partial charge in [0, 0.05) is 18.4 Å². The lowest BCUT2D eigenvalue weighted by Gasteiger charge is -2.20. The van der Waals surface area contributed by atoms with Crippen LogP contribution in [0.15, 0.2) is 72.0 Å². The van der Waals surface area contributed by atoms with E-state index in [9.17, 15) is 22.8 Å². The molecule has 234 valence electrons. The Morgan fingerprint density at radius 2 is 1.91 bits per heavy atom. The van der Waals surface area contributed by atoms with E-state index in [1.54, 1.807) is 25.3 Å². The maximum atomic E-state index is 12.8. The number of amidine groups is 1. The molecule has 0 aliphatic carbocycles. The number of aliphatic imine (C=N–C) groups is 1. The number of methoxy groups -OCH3 is 1. The van der Waals surface area contributed by atoms with Crippen LogP contribution in [0.3, 0.4) is 0 Å². The number of hydrogen-bond acceptors (Lipinski definition) is 8. The summed E-state index contributed by atoms with van der Waals surface area (Å²) in [5.41, 5.74) is 3.76. The van der Waals surface area contributed by atoms with Gasteiger partial charge in [-0.15, -0.1) is 18.3 Å². The second kappa shape index (κ2) is 13.6. The van der Waals surface area contributed by atoms with Crippen LogP contribution < -0.4 is 20.3 Å². The Balaban J connectivity index is 1.21. The largest absolute Gasteiger partial charge is 0.573 e. The first kappa shape index (κ1) is 31.8.